The molecule has 4 rings (SSSR count). The van der Waals surface area contributed by atoms with Crippen molar-refractivity contribution >= 4 is 28.5 Å². The first kappa shape index (κ1) is 14.3. The van der Waals surface area contributed by atoms with Crippen LogP contribution in [0.2, 0.25) is 0 Å². The number of fused-ring (bicyclic) bond motifs is 3. The molecule has 3 aromatic carbocycles. The molecule has 1 heterocycles. The van der Waals surface area contributed by atoms with E-state index in [4.69, 9.17) is 0 Å². The van der Waals surface area contributed by atoms with Crippen molar-refractivity contribution in [3.8, 4) is 6.07 Å². The standard InChI is InChI=1S/C21H14N2O/c22-12-16-13-23-18-11-10-14-6-4-5-9-17(14)20(18)19(16)21(24)15-7-2-1-3-8-15/h1-11,13,16,19H. The van der Waals surface area contributed by atoms with E-state index in [1.54, 1.807) is 18.3 Å². The van der Waals surface area contributed by atoms with Gasteiger partial charge in [-0.05, 0) is 22.4 Å². The van der Waals surface area contributed by atoms with Gasteiger partial charge in [0, 0.05) is 11.8 Å². The molecule has 0 N–H and O–H groups in total. The van der Waals surface area contributed by atoms with Gasteiger partial charge in [0.05, 0.1) is 23.6 Å². The highest BCUT2D eigenvalue weighted by Crippen LogP contribution is 2.42. The summed E-state index contributed by atoms with van der Waals surface area (Å²) < 4.78 is 0. The van der Waals surface area contributed by atoms with E-state index < -0.39 is 11.8 Å². The minimum Gasteiger partial charge on any atom is -0.293 e. The van der Waals surface area contributed by atoms with Crippen LogP contribution in [0, 0.1) is 17.2 Å². The third kappa shape index (κ3) is 2.21. The highest BCUT2D eigenvalue weighted by molar-refractivity contribution is 6.08. The zero-order chi connectivity index (χ0) is 16.5. The zero-order valence-electron chi connectivity index (χ0n) is 12.9. The van der Waals surface area contributed by atoms with Crippen LogP contribution < -0.4 is 0 Å². The summed E-state index contributed by atoms with van der Waals surface area (Å²) in [5.74, 6) is -1.13. The van der Waals surface area contributed by atoms with Crippen molar-refractivity contribution in [2.75, 3.05) is 0 Å². The van der Waals surface area contributed by atoms with Crippen LogP contribution in [0.3, 0.4) is 0 Å². The molecule has 0 saturated carbocycles. The number of nitriles is 1. The number of ketones is 1. The van der Waals surface area contributed by atoms with E-state index >= 15 is 0 Å². The molecule has 0 spiro atoms. The molecule has 0 fully saturated rings. The van der Waals surface area contributed by atoms with Gasteiger partial charge in [0.25, 0.3) is 0 Å². The van der Waals surface area contributed by atoms with Crippen molar-refractivity contribution in [3.05, 3.63) is 77.9 Å². The van der Waals surface area contributed by atoms with Gasteiger partial charge in [-0.15, -0.1) is 0 Å². The Bertz CT molecular complexity index is 999. The molecular formula is C21H14N2O. The fraction of sp³-hybridized carbons (Fsp3) is 0.0952. The maximum Gasteiger partial charge on any atom is 0.172 e. The molecule has 0 radical (unpaired) electrons. The molecule has 0 bridgehead atoms. The fourth-order valence-electron chi connectivity index (χ4n) is 3.33. The summed E-state index contributed by atoms with van der Waals surface area (Å²) in [5.41, 5.74) is 2.25. The summed E-state index contributed by atoms with van der Waals surface area (Å²) in [6.45, 7) is 0. The van der Waals surface area contributed by atoms with E-state index in [9.17, 15) is 10.1 Å². The second-order valence-electron chi connectivity index (χ2n) is 5.86. The highest BCUT2D eigenvalue weighted by atomic mass is 16.1. The predicted octanol–water partition coefficient (Wildman–Crippen LogP) is 4.66. The Balaban J connectivity index is 1.96. The molecule has 3 heteroatoms. The lowest BCUT2D eigenvalue weighted by atomic mass is 9.77. The van der Waals surface area contributed by atoms with E-state index in [1.165, 1.54) is 0 Å². The lowest BCUT2D eigenvalue weighted by molar-refractivity contribution is 0.0952. The van der Waals surface area contributed by atoms with Crippen molar-refractivity contribution in [1.29, 1.82) is 5.26 Å². The van der Waals surface area contributed by atoms with Crippen LogP contribution in [0.4, 0.5) is 5.69 Å². The van der Waals surface area contributed by atoms with Gasteiger partial charge < -0.3 is 0 Å². The number of aliphatic imine (C=N–C) groups is 1. The topological polar surface area (TPSA) is 53.2 Å². The second-order valence-corrected chi connectivity index (χ2v) is 5.86. The summed E-state index contributed by atoms with van der Waals surface area (Å²) >= 11 is 0. The Morgan fingerprint density at radius 1 is 0.958 bits per heavy atom. The molecule has 3 aromatic rings. The number of rotatable bonds is 2. The summed E-state index contributed by atoms with van der Waals surface area (Å²) in [4.78, 5) is 17.6. The Kier molecular flexibility index (Phi) is 3.44. The van der Waals surface area contributed by atoms with Crippen molar-refractivity contribution in [3.63, 3.8) is 0 Å². The maximum atomic E-state index is 13.2. The van der Waals surface area contributed by atoms with Crippen LogP contribution in [0.1, 0.15) is 21.8 Å². The first-order chi connectivity index (χ1) is 11.8. The molecule has 0 aliphatic carbocycles. The summed E-state index contributed by atoms with van der Waals surface area (Å²) in [7, 11) is 0. The number of nitrogens with zero attached hydrogens (tertiary/aromatic N) is 2. The summed E-state index contributed by atoms with van der Waals surface area (Å²) in [6.07, 6.45) is 1.60. The quantitative estimate of drug-likeness (QED) is 0.646. The molecule has 0 saturated heterocycles. The molecule has 1 aliphatic rings. The number of hydrogen-bond acceptors (Lipinski definition) is 3. The Morgan fingerprint density at radius 2 is 1.71 bits per heavy atom. The smallest absolute Gasteiger partial charge is 0.172 e. The van der Waals surface area contributed by atoms with Crippen LogP contribution >= 0.6 is 0 Å². The van der Waals surface area contributed by atoms with Gasteiger partial charge >= 0.3 is 0 Å². The Morgan fingerprint density at radius 3 is 2.50 bits per heavy atom. The molecule has 114 valence electrons. The normalized spacial score (nSPS) is 18.8. The SMILES string of the molecule is N#CC1C=Nc2ccc3ccccc3c2C1C(=O)c1ccccc1. The molecule has 2 atom stereocenters. The molecule has 2 unspecified atom stereocenters. The van der Waals surface area contributed by atoms with Gasteiger partial charge in [0.15, 0.2) is 5.78 Å². The number of carbonyl (C=O) groups excluding carboxylic acids is 1. The van der Waals surface area contributed by atoms with Crippen LogP contribution in [0.25, 0.3) is 10.8 Å². The van der Waals surface area contributed by atoms with Crippen molar-refractivity contribution in [1.82, 2.24) is 0 Å². The van der Waals surface area contributed by atoms with E-state index in [0.717, 1.165) is 22.0 Å². The Labute approximate surface area is 139 Å². The third-order valence-electron chi connectivity index (χ3n) is 4.48. The Hall–Kier alpha value is -3.25. The minimum absolute atomic E-state index is 0.0362. The number of benzene rings is 3. The van der Waals surface area contributed by atoms with Gasteiger partial charge in [-0.1, -0.05) is 60.7 Å². The van der Waals surface area contributed by atoms with Crippen molar-refractivity contribution in [2.45, 2.75) is 5.92 Å². The van der Waals surface area contributed by atoms with E-state index in [0.29, 0.717) is 5.56 Å². The first-order valence-corrected chi connectivity index (χ1v) is 7.84. The number of hydrogen-bond donors (Lipinski definition) is 0. The molecule has 0 aromatic heterocycles. The van der Waals surface area contributed by atoms with Crippen LogP contribution in [0.15, 0.2) is 71.7 Å². The fourth-order valence-corrected chi connectivity index (χ4v) is 3.33. The average Bonchev–Trinajstić information content (AvgIpc) is 2.67. The van der Waals surface area contributed by atoms with Crippen molar-refractivity contribution < 1.29 is 4.79 Å². The van der Waals surface area contributed by atoms with Gasteiger partial charge in [-0.25, -0.2) is 0 Å². The van der Waals surface area contributed by atoms with Crippen LogP contribution in [0.5, 0.6) is 0 Å². The number of carbonyl (C=O) groups is 1. The number of Topliss-reactive ketones (excluding diaryl/α,β-unsaturated/α-hetero) is 1. The summed E-state index contributed by atoms with van der Waals surface area (Å²) in [5, 5.41) is 11.6. The van der Waals surface area contributed by atoms with Gasteiger partial charge in [-0.2, -0.15) is 5.26 Å². The minimum atomic E-state index is -0.559. The maximum absolute atomic E-state index is 13.2. The van der Waals surface area contributed by atoms with Gasteiger partial charge in [0.2, 0.25) is 0 Å². The lowest BCUT2D eigenvalue weighted by Crippen LogP contribution is -2.25. The molecule has 0 amide bonds. The van der Waals surface area contributed by atoms with Crippen molar-refractivity contribution in [2.24, 2.45) is 10.9 Å². The van der Waals surface area contributed by atoms with E-state index in [1.807, 2.05) is 54.6 Å². The molecule has 1 aliphatic heterocycles. The van der Waals surface area contributed by atoms with Crippen LogP contribution in [-0.2, 0) is 0 Å². The zero-order valence-corrected chi connectivity index (χ0v) is 12.9. The monoisotopic (exact) mass is 310 g/mol. The lowest BCUT2D eigenvalue weighted by Gasteiger charge is -2.25. The van der Waals surface area contributed by atoms with E-state index in [2.05, 4.69) is 11.1 Å². The molecule has 3 nitrogen and oxygen atoms in total. The van der Waals surface area contributed by atoms with Crippen LogP contribution in [-0.4, -0.2) is 12.0 Å². The second kappa shape index (κ2) is 5.75. The largest absolute Gasteiger partial charge is 0.293 e. The molecule has 24 heavy (non-hydrogen) atoms. The average molecular weight is 310 g/mol. The van der Waals surface area contributed by atoms with E-state index in [-0.39, 0.29) is 5.78 Å². The predicted molar refractivity (Wildman–Crippen MR) is 94.7 cm³/mol. The van der Waals surface area contributed by atoms with Gasteiger partial charge in [-0.3, -0.25) is 9.79 Å². The molecular weight excluding hydrogens is 296 g/mol. The highest BCUT2D eigenvalue weighted by Gasteiger charge is 2.35. The van der Waals surface area contributed by atoms with Gasteiger partial charge in [0.1, 0.15) is 0 Å². The summed E-state index contributed by atoms with van der Waals surface area (Å²) in [6, 6.07) is 23.3. The third-order valence-corrected chi connectivity index (χ3v) is 4.48. The first-order valence-electron chi connectivity index (χ1n) is 7.84.